The standard InChI is InChI=1S/C15H19N3O2/c1-2-10(9-16)15-17-14(18-20-15)12-7-8-19-13-6-4-3-5-11(12)13/h3-6,10,12H,2,7-9,16H2,1H3. The van der Waals surface area contributed by atoms with Crippen LogP contribution in [0.2, 0.25) is 0 Å². The van der Waals surface area contributed by atoms with Crippen molar-refractivity contribution < 1.29 is 9.26 Å². The average Bonchev–Trinajstić information content (AvgIpc) is 2.97. The van der Waals surface area contributed by atoms with Crippen molar-refractivity contribution in [1.82, 2.24) is 10.1 Å². The second kappa shape index (κ2) is 5.63. The van der Waals surface area contributed by atoms with Crippen molar-refractivity contribution in [2.75, 3.05) is 13.2 Å². The highest BCUT2D eigenvalue weighted by Crippen LogP contribution is 2.36. The maximum atomic E-state index is 5.73. The number of ether oxygens (including phenoxy) is 1. The van der Waals surface area contributed by atoms with Crippen LogP contribution < -0.4 is 10.5 Å². The van der Waals surface area contributed by atoms with Gasteiger partial charge in [-0.05, 0) is 18.9 Å². The summed E-state index contributed by atoms with van der Waals surface area (Å²) in [5.41, 5.74) is 6.86. The van der Waals surface area contributed by atoms with Crippen LogP contribution in [0.25, 0.3) is 0 Å². The van der Waals surface area contributed by atoms with E-state index in [-0.39, 0.29) is 11.8 Å². The molecule has 2 aromatic rings. The first-order valence-corrected chi connectivity index (χ1v) is 7.08. The van der Waals surface area contributed by atoms with Gasteiger partial charge >= 0.3 is 0 Å². The lowest BCUT2D eigenvalue weighted by atomic mass is 9.92. The molecule has 2 heterocycles. The van der Waals surface area contributed by atoms with Gasteiger partial charge in [-0.2, -0.15) is 4.98 Å². The average molecular weight is 273 g/mol. The lowest BCUT2D eigenvalue weighted by molar-refractivity contribution is 0.271. The molecular weight excluding hydrogens is 254 g/mol. The smallest absolute Gasteiger partial charge is 0.231 e. The van der Waals surface area contributed by atoms with E-state index in [9.17, 15) is 0 Å². The highest BCUT2D eigenvalue weighted by Gasteiger charge is 2.27. The molecule has 2 unspecified atom stereocenters. The Morgan fingerprint density at radius 1 is 1.40 bits per heavy atom. The summed E-state index contributed by atoms with van der Waals surface area (Å²) in [6.07, 6.45) is 1.78. The van der Waals surface area contributed by atoms with Crippen LogP contribution in [-0.4, -0.2) is 23.3 Å². The molecular formula is C15H19N3O2. The normalized spacial score (nSPS) is 19.2. The van der Waals surface area contributed by atoms with Gasteiger partial charge in [0.15, 0.2) is 5.82 Å². The van der Waals surface area contributed by atoms with E-state index in [4.69, 9.17) is 15.0 Å². The number of nitrogens with two attached hydrogens (primary N) is 1. The van der Waals surface area contributed by atoms with Crippen LogP contribution in [0.3, 0.4) is 0 Å². The van der Waals surface area contributed by atoms with Crippen LogP contribution in [0.5, 0.6) is 5.75 Å². The summed E-state index contributed by atoms with van der Waals surface area (Å²) in [4.78, 5) is 4.56. The summed E-state index contributed by atoms with van der Waals surface area (Å²) in [5, 5.41) is 4.16. The molecule has 0 spiro atoms. The van der Waals surface area contributed by atoms with Gasteiger partial charge in [0.1, 0.15) is 5.75 Å². The van der Waals surface area contributed by atoms with Gasteiger partial charge in [0, 0.05) is 12.1 Å². The van der Waals surface area contributed by atoms with E-state index in [2.05, 4.69) is 23.1 Å². The Bertz CT molecular complexity index is 578. The third kappa shape index (κ3) is 2.29. The molecule has 0 saturated heterocycles. The van der Waals surface area contributed by atoms with Crippen molar-refractivity contribution in [3.63, 3.8) is 0 Å². The fourth-order valence-corrected chi connectivity index (χ4v) is 2.61. The summed E-state index contributed by atoms with van der Waals surface area (Å²) >= 11 is 0. The van der Waals surface area contributed by atoms with Gasteiger partial charge in [-0.15, -0.1) is 0 Å². The largest absolute Gasteiger partial charge is 0.493 e. The summed E-state index contributed by atoms with van der Waals surface area (Å²) in [5.74, 6) is 2.59. The number of aromatic nitrogens is 2. The first-order chi connectivity index (χ1) is 9.83. The second-order valence-electron chi connectivity index (χ2n) is 5.06. The van der Waals surface area contributed by atoms with Crippen molar-refractivity contribution in [3.05, 3.63) is 41.5 Å². The number of para-hydroxylation sites is 1. The molecule has 0 saturated carbocycles. The molecule has 0 fully saturated rings. The molecule has 0 amide bonds. The minimum Gasteiger partial charge on any atom is -0.493 e. The minimum absolute atomic E-state index is 0.145. The summed E-state index contributed by atoms with van der Waals surface area (Å²) < 4.78 is 11.1. The fourth-order valence-electron chi connectivity index (χ4n) is 2.61. The maximum absolute atomic E-state index is 5.73. The van der Waals surface area contributed by atoms with Crippen LogP contribution in [0, 0.1) is 0 Å². The topological polar surface area (TPSA) is 74.2 Å². The van der Waals surface area contributed by atoms with Crippen LogP contribution in [-0.2, 0) is 0 Å². The van der Waals surface area contributed by atoms with E-state index < -0.39 is 0 Å². The molecule has 2 atom stereocenters. The van der Waals surface area contributed by atoms with Crippen molar-refractivity contribution >= 4 is 0 Å². The van der Waals surface area contributed by atoms with Gasteiger partial charge in [-0.1, -0.05) is 30.3 Å². The number of fused-ring (bicyclic) bond motifs is 1. The van der Waals surface area contributed by atoms with E-state index in [0.717, 1.165) is 30.0 Å². The third-order valence-electron chi connectivity index (χ3n) is 3.85. The molecule has 5 heteroatoms. The zero-order valence-corrected chi connectivity index (χ0v) is 11.6. The van der Waals surface area contributed by atoms with E-state index in [1.165, 1.54) is 0 Å². The van der Waals surface area contributed by atoms with Gasteiger partial charge in [0.05, 0.1) is 18.4 Å². The molecule has 0 radical (unpaired) electrons. The molecule has 20 heavy (non-hydrogen) atoms. The quantitative estimate of drug-likeness (QED) is 0.926. The number of benzene rings is 1. The highest BCUT2D eigenvalue weighted by molar-refractivity contribution is 5.40. The van der Waals surface area contributed by atoms with E-state index in [0.29, 0.717) is 19.0 Å². The van der Waals surface area contributed by atoms with Crippen molar-refractivity contribution in [1.29, 1.82) is 0 Å². The molecule has 1 aromatic carbocycles. The third-order valence-corrected chi connectivity index (χ3v) is 3.85. The highest BCUT2D eigenvalue weighted by atomic mass is 16.5. The van der Waals surface area contributed by atoms with Crippen molar-refractivity contribution in [3.8, 4) is 5.75 Å². The Labute approximate surface area is 118 Å². The summed E-state index contributed by atoms with van der Waals surface area (Å²) in [7, 11) is 0. The van der Waals surface area contributed by atoms with Gasteiger partial charge in [0.2, 0.25) is 5.89 Å². The summed E-state index contributed by atoms with van der Waals surface area (Å²) in [6.45, 7) is 3.29. The van der Waals surface area contributed by atoms with Gasteiger partial charge in [0.25, 0.3) is 0 Å². The van der Waals surface area contributed by atoms with E-state index in [1.54, 1.807) is 0 Å². The maximum Gasteiger partial charge on any atom is 0.231 e. The second-order valence-corrected chi connectivity index (χ2v) is 5.06. The Hall–Kier alpha value is -1.88. The number of nitrogens with zero attached hydrogens (tertiary/aromatic N) is 2. The van der Waals surface area contributed by atoms with Crippen LogP contribution in [0.1, 0.15) is 48.9 Å². The Morgan fingerprint density at radius 3 is 3.05 bits per heavy atom. The van der Waals surface area contributed by atoms with Gasteiger partial charge < -0.3 is 15.0 Å². The van der Waals surface area contributed by atoms with Crippen LogP contribution >= 0.6 is 0 Å². The first kappa shape index (κ1) is 13.1. The lowest BCUT2D eigenvalue weighted by Crippen LogP contribution is -2.16. The van der Waals surface area contributed by atoms with Crippen molar-refractivity contribution in [2.24, 2.45) is 5.73 Å². The molecule has 0 aliphatic carbocycles. The monoisotopic (exact) mass is 273 g/mol. The SMILES string of the molecule is CCC(CN)c1nc(C2CCOc3ccccc32)no1. The Kier molecular flexibility index (Phi) is 3.69. The zero-order valence-electron chi connectivity index (χ0n) is 11.6. The summed E-state index contributed by atoms with van der Waals surface area (Å²) in [6, 6.07) is 8.04. The fraction of sp³-hybridized carbons (Fsp3) is 0.467. The molecule has 0 bridgehead atoms. The molecule has 5 nitrogen and oxygen atoms in total. The predicted molar refractivity (Wildman–Crippen MR) is 74.8 cm³/mol. The molecule has 1 aromatic heterocycles. The van der Waals surface area contributed by atoms with E-state index >= 15 is 0 Å². The van der Waals surface area contributed by atoms with Crippen molar-refractivity contribution in [2.45, 2.75) is 31.6 Å². The minimum atomic E-state index is 0.145. The number of hydrogen-bond donors (Lipinski definition) is 1. The zero-order chi connectivity index (χ0) is 13.9. The molecule has 3 rings (SSSR count). The Balaban J connectivity index is 1.91. The molecule has 1 aliphatic rings. The first-order valence-electron chi connectivity index (χ1n) is 7.08. The van der Waals surface area contributed by atoms with Gasteiger partial charge in [-0.25, -0.2) is 0 Å². The lowest BCUT2D eigenvalue weighted by Gasteiger charge is -2.23. The molecule has 2 N–H and O–H groups in total. The van der Waals surface area contributed by atoms with Crippen LogP contribution in [0.4, 0.5) is 0 Å². The number of rotatable bonds is 4. The molecule has 1 aliphatic heterocycles. The number of hydrogen-bond acceptors (Lipinski definition) is 5. The predicted octanol–water partition coefficient (Wildman–Crippen LogP) is 2.44. The molecule has 106 valence electrons. The Morgan fingerprint density at radius 2 is 2.25 bits per heavy atom. The van der Waals surface area contributed by atoms with E-state index in [1.807, 2.05) is 18.2 Å². The van der Waals surface area contributed by atoms with Crippen LogP contribution in [0.15, 0.2) is 28.8 Å². The van der Waals surface area contributed by atoms with Gasteiger partial charge in [-0.3, -0.25) is 0 Å².